The molecule has 0 bridgehead atoms. The van der Waals surface area contributed by atoms with E-state index in [0.717, 1.165) is 0 Å². The van der Waals surface area contributed by atoms with Crippen molar-refractivity contribution < 1.29 is 0 Å². The summed E-state index contributed by atoms with van der Waals surface area (Å²) in [4.78, 5) is 2.73. The maximum atomic E-state index is 2.73. The maximum Gasteiger partial charge on any atom is 0.248 e. The molecule has 0 amide bonds. The van der Waals surface area contributed by atoms with Gasteiger partial charge < -0.3 is 9.47 Å². The zero-order chi connectivity index (χ0) is 44.0. The van der Waals surface area contributed by atoms with Crippen LogP contribution in [0.1, 0.15) is 155 Å². The molecule has 3 heteroatoms. The molecule has 0 fully saturated rings. The van der Waals surface area contributed by atoms with Crippen LogP contribution in [0, 0.1) is 0 Å². The Morgan fingerprint density at radius 3 is 1.40 bits per heavy atom. The van der Waals surface area contributed by atoms with E-state index in [1.54, 1.807) is 11.1 Å². The van der Waals surface area contributed by atoms with Crippen molar-refractivity contribution >= 4 is 62.0 Å². The third-order valence-corrected chi connectivity index (χ3v) is 17.8. The lowest BCUT2D eigenvalue weighted by Crippen LogP contribution is -2.56. The van der Waals surface area contributed by atoms with E-state index >= 15 is 0 Å². The van der Waals surface area contributed by atoms with E-state index in [4.69, 9.17) is 0 Å². The van der Waals surface area contributed by atoms with Gasteiger partial charge in [0.15, 0.2) is 0 Å². The maximum absolute atomic E-state index is 2.73. The molecule has 1 aromatic heterocycles. The van der Waals surface area contributed by atoms with E-state index in [9.17, 15) is 0 Å². The largest absolute Gasteiger partial charge is 0.311 e. The smallest absolute Gasteiger partial charge is 0.248 e. The zero-order valence-electron chi connectivity index (χ0n) is 40.0. The second-order valence-electron chi connectivity index (χ2n) is 24.5. The molecule has 7 aromatic rings. The Balaban J connectivity index is 1.24. The molecule has 0 saturated carbocycles. The van der Waals surface area contributed by atoms with E-state index in [0.29, 0.717) is 0 Å². The fourth-order valence-electron chi connectivity index (χ4n) is 13.4. The molecule has 0 atom stereocenters. The molecule has 0 N–H and O–H groups in total. The van der Waals surface area contributed by atoms with Crippen LogP contribution < -0.4 is 21.3 Å². The monoisotopic (exact) mass is 825 g/mol. The van der Waals surface area contributed by atoms with Crippen LogP contribution in [0.3, 0.4) is 0 Å². The van der Waals surface area contributed by atoms with Gasteiger partial charge in [-0.15, -0.1) is 0 Å². The standard InChI is InChI=1S/C60H65BN2/c1-55(2)23-24-56(3,4)43-30-36(21-22-42(43)55)62-52-35-47-46(59(9,10)27-28-60(47,11)12)34-49(52)61-48-33-45-44(57(5,6)25-26-58(45,7)8)32-40(48)41-29-37(31-53(62)54(41)61)63-50-19-15-13-17-38(50)39-18-14-16-20-51(39)63/h13-22,29-35H,23-28H2,1-12H3. The summed E-state index contributed by atoms with van der Waals surface area (Å²) < 4.78 is 2.56. The summed E-state index contributed by atoms with van der Waals surface area (Å²) in [6, 6.07) is 41.6. The minimum absolute atomic E-state index is 0.0753. The first-order valence-electron chi connectivity index (χ1n) is 24.2. The minimum Gasteiger partial charge on any atom is -0.311 e. The number of hydrogen-bond acceptors (Lipinski definition) is 1. The van der Waals surface area contributed by atoms with Gasteiger partial charge in [-0.25, -0.2) is 0 Å². The van der Waals surface area contributed by atoms with Crippen molar-refractivity contribution in [3.05, 3.63) is 137 Å². The fraction of sp³-hybridized carbons (Fsp3) is 0.400. The number of hydrogen-bond donors (Lipinski definition) is 0. The van der Waals surface area contributed by atoms with Gasteiger partial charge in [0, 0.05) is 33.5 Å². The fourth-order valence-corrected chi connectivity index (χ4v) is 13.4. The van der Waals surface area contributed by atoms with Crippen molar-refractivity contribution in [1.82, 2.24) is 4.57 Å². The Morgan fingerprint density at radius 1 is 0.381 bits per heavy atom. The average molecular weight is 825 g/mol. The van der Waals surface area contributed by atoms with Crippen molar-refractivity contribution in [1.29, 1.82) is 0 Å². The number of aromatic nitrogens is 1. The first-order valence-corrected chi connectivity index (χ1v) is 24.2. The van der Waals surface area contributed by atoms with Gasteiger partial charge in [-0.3, -0.25) is 0 Å². The lowest BCUT2D eigenvalue weighted by atomic mass is 9.36. The van der Waals surface area contributed by atoms with E-state index in [1.807, 2.05) is 0 Å². The topological polar surface area (TPSA) is 8.17 Å². The highest BCUT2D eigenvalue weighted by atomic mass is 15.2. The van der Waals surface area contributed by atoms with Crippen LogP contribution in [-0.2, 0) is 32.5 Å². The van der Waals surface area contributed by atoms with Gasteiger partial charge in [0.25, 0.3) is 0 Å². The van der Waals surface area contributed by atoms with Crippen LogP contribution in [-0.4, -0.2) is 11.3 Å². The number of fused-ring (bicyclic) bond motifs is 11. The third kappa shape index (κ3) is 5.38. The predicted molar refractivity (Wildman–Crippen MR) is 271 cm³/mol. The van der Waals surface area contributed by atoms with E-state index in [2.05, 4.69) is 196 Å². The summed E-state index contributed by atoms with van der Waals surface area (Å²) in [5, 5.41) is 2.61. The highest BCUT2D eigenvalue weighted by molar-refractivity contribution is 7.01. The Bertz CT molecular complexity index is 3090. The van der Waals surface area contributed by atoms with Gasteiger partial charge in [-0.05, 0) is 169 Å². The normalized spacial score (nSPS) is 21.0. The van der Waals surface area contributed by atoms with Crippen LogP contribution in [0.4, 0.5) is 17.1 Å². The molecule has 0 unspecified atom stereocenters. The van der Waals surface area contributed by atoms with Crippen molar-refractivity contribution in [3.8, 4) is 16.8 Å². The summed E-state index contributed by atoms with van der Waals surface area (Å²) in [7, 11) is 0. The van der Waals surface area contributed by atoms with E-state index in [1.165, 1.54) is 133 Å². The highest BCUT2D eigenvalue weighted by Gasteiger charge is 2.49. The lowest BCUT2D eigenvalue weighted by Gasteiger charge is -2.46. The van der Waals surface area contributed by atoms with Crippen LogP contribution in [0.25, 0.3) is 38.6 Å². The summed E-state index contributed by atoms with van der Waals surface area (Å²) in [5.74, 6) is 0. The lowest BCUT2D eigenvalue weighted by molar-refractivity contribution is 0.332. The van der Waals surface area contributed by atoms with Crippen molar-refractivity contribution in [3.63, 3.8) is 0 Å². The van der Waals surface area contributed by atoms with Crippen LogP contribution in [0.15, 0.2) is 103 Å². The summed E-state index contributed by atoms with van der Waals surface area (Å²) in [6.07, 6.45) is 7.20. The molecular weight excluding hydrogens is 759 g/mol. The van der Waals surface area contributed by atoms with Gasteiger partial charge in [0.2, 0.25) is 6.71 Å². The number of nitrogens with zero attached hydrogens (tertiary/aromatic N) is 2. The van der Waals surface area contributed by atoms with Crippen molar-refractivity contribution in [2.75, 3.05) is 4.90 Å². The molecule has 0 spiro atoms. The second kappa shape index (κ2) is 12.4. The number of rotatable bonds is 2. The Kier molecular flexibility index (Phi) is 7.79. The number of benzene rings is 6. The molecule has 3 aliphatic carbocycles. The van der Waals surface area contributed by atoms with Gasteiger partial charge >= 0.3 is 0 Å². The molecule has 12 rings (SSSR count). The summed E-state index contributed by atoms with van der Waals surface area (Å²) in [6.45, 7) is 30.0. The van der Waals surface area contributed by atoms with Gasteiger partial charge in [0.1, 0.15) is 0 Å². The second-order valence-corrected chi connectivity index (χ2v) is 24.5. The minimum atomic E-state index is 0.0753. The molecule has 2 aliphatic heterocycles. The van der Waals surface area contributed by atoms with Crippen molar-refractivity contribution in [2.24, 2.45) is 0 Å². The Morgan fingerprint density at radius 2 is 0.841 bits per heavy atom. The van der Waals surface area contributed by atoms with Crippen LogP contribution >= 0.6 is 0 Å². The molecule has 0 radical (unpaired) electrons. The first kappa shape index (κ1) is 39.6. The quantitative estimate of drug-likeness (QED) is 0.158. The zero-order valence-corrected chi connectivity index (χ0v) is 40.0. The van der Waals surface area contributed by atoms with Gasteiger partial charge in [0.05, 0.1) is 11.0 Å². The molecule has 3 heterocycles. The van der Waals surface area contributed by atoms with Crippen molar-refractivity contribution in [2.45, 2.75) is 154 Å². The molecule has 63 heavy (non-hydrogen) atoms. The SMILES string of the molecule is CC1(C)CCC(C)(C)c2cc(N3c4cc5c(cc4B4c6cc7c(cc6-c6cc(-n8c9ccccc9c9ccccc98)cc3c64)C(C)(C)CCC7(C)C)C(C)(C)CCC5(C)C)ccc21. The van der Waals surface area contributed by atoms with Crippen LogP contribution in [0.5, 0.6) is 0 Å². The summed E-state index contributed by atoms with van der Waals surface area (Å²) in [5.41, 5.74) is 24.8. The number of para-hydroxylation sites is 2. The molecule has 0 saturated heterocycles. The Hall–Kier alpha value is -5.02. The Labute approximate surface area is 377 Å². The summed E-state index contributed by atoms with van der Waals surface area (Å²) >= 11 is 0. The molecule has 318 valence electrons. The molecular formula is C60H65BN2. The average Bonchev–Trinajstić information content (AvgIpc) is 3.75. The molecule has 6 aromatic carbocycles. The van der Waals surface area contributed by atoms with Gasteiger partial charge in [-0.1, -0.05) is 149 Å². The molecule has 5 aliphatic rings. The van der Waals surface area contributed by atoms with E-state index < -0.39 is 0 Å². The number of anilines is 3. The third-order valence-electron chi connectivity index (χ3n) is 17.8. The highest BCUT2D eigenvalue weighted by Crippen LogP contribution is 2.54. The van der Waals surface area contributed by atoms with Gasteiger partial charge in [-0.2, -0.15) is 0 Å². The predicted octanol–water partition coefficient (Wildman–Crippen LogP) is 14.1. The van der Waals surface area contributed by atoms with E-state index in [-0.39, 0.29) is 39.2 Å². The van der Waals surface area contributed by atoms with Crippen LogP contribution in [0.2, 0.25) is 0 Å². The molecule has 2 nitrogen and oxygen atoms in total. The first-order chi connectivity index (χ1) is 29.7.